The SMILES string of the molecule is CCC(CC)N(CCO)c1nccc(C(=N)N)n1. The van der Waals surface area contributed by atoms with Gasteiger partial charge in [-0.15, -0.1) is 0 Å². The Morgan fingerprint density at radius 2 is 2.17 bits per heavy atom. The van der Waals surface area contributed by atoms with Crippen molar-refractivity contribution in [2.24, 2.45) is 5.73 Å². The van der Waals surface area contributed by atoms with Crippen LogP contribution in [0, 0.1) is 5.41 Å². The summed E-state index contributed by atoms with van der Waals surface area (Å²) in [5.41, 5.74) is 5.83. The summed E-state index contributed by atoms with van der Waals surface area (Å²) in [5.74, 6) is 0.442. The van der Waals surface area contributed by atoms with Crippen molar-refractivity contribution in [2.75, 3.05) is 18.1 Å². The fourth-order valence-electron chi connectivity index (χ4n) is 1.92. The van der Waals surface area contributed by atoms with E-state index in [0.717, 1.165) is 12.8 Å². The van der Waals surface area contributed by atoms with Crippen molar-refractivity contribution in [1.82, 2.24) is 9.97 Å². The van der Waals surface area contributed by atoms with Crippen molar-refractivity contribution >= 4 is 11.8 Å². The van der Waals surface area contributed by atoms with Crippen molar-refractivity contribution in [2.45, 2.75) is 32.7 Å². The molecule has 0 saturated carbocycles. The van der Waals surface area contributed by atoms with Crippen LogP contribution >= 0.6 is 0 Å². The highest BCUT2D eigenvalue weighted by molar-refractivity contribution is 5.93. The van der Waals surface area contributed by atoms with Crippen LogP contribution in [0.4, 0.5) is 5.95 Å². The fraction of sp³-hybridized carbons (Fsp3) is 0.583. The monoisotopic (exact) mass is 251 g/mol. The van der Waals surface area contributed by atoms with Crippen LogP contribution in [0.2, 0.25) is 0 Å². The number of aliphatic hydroxyl groups excluding tert-OH is 1. The first-order chi connectivity index (χ1) is 8.63. The largest absolute Gasteiger partial charge is 0.395 e. The number of amidine groups is 1. The zero-order chi connectivity index (χ0) is 13.5. The Balaban J connectivity index is 3.04. The quantitative estimate of drug-likeness (QED) is 0.490. The van der Waals surface area contributed by atoms with Crippen LogP contribution in [0.3, 0.4) is 0 Å². The Morgan fingerprint density at radius 3 is 2.67 bits per heavy atom. The molecule has 100 valence electrons. The smallest absolute Gasteiger partial charge is 0.226 e. The Kier molecular flexibility index (Phi) is 5.51. The predicted molar refractivity (Wildman–Crippen MR) is 71.8 cm³/mol. The maximum Gasteiger partial charge on any atom is 0.226 e. The second-order valence-electron chi connectivity index (χ2n) is 4.04. The molecule has 18 heavy (non-hydrogen) atoms. The van der Waals surface area contributed by atoms with E-state index < -0.39 is 0 Å². The zero-order valence-corrected chi connectivity index (χ0v) is 10.9. The summed E-state index contributed by atoms with van der Waals surface area (Å²) >= 11 is 0. The van der Waals surface area contributed by atoms with Crippen LogP contribution in [-0.4, -0.2) is 40.1 Å². The number of anilines is 1. The van der Waals surface area contributed by atoms with Gasteiger partial charge in [0.2, 0.25) is 5.95 Å². The molecule has 6 nitrogen and oxygen atoms in total. The second-order valence-corrected chi connectivity index (χ2v) is 4.04. The molecular weight excluding hydrogens is 230 g/mol. The van der Waals surface area contributed by atoms with E-state index in [4.69, 9.17) is 16.2 Å². The van der Waals surface area contributed by atoms with Gasteiger partial charge in [0, 0.05) is 18.8 Å². The molecular formula is C12H21N5O. The van der Waals surface area contributed by atoms with E-state index in [1.54, 1.807) is 12.3 Å². The molecule has 0 aliphatic carbocycles. The van der Waals surface area contributed by atoms with Crippen molar-refractivity contribution in [3.05, 3.63) is 18.0 Å². The summed E-state index contributed by atoms with van der Waals surface area (Å²) in [5, 5.41) is 16.5. The van der Waals surface area contributed by atoms with Crippen molar-refractivity contribution in [1.29, 1.82) is 5.41 Å². The van der Waals surface area contributed by atoms with E-state index in [2.05, 4.69) is 23.8 Å². The minimum atomic E-state index is -0.0767. The number of aromatic nitrogens is 2. The number of nitrogens with two attached hydrogens (primary N) is 1. The molecule has 0 aliphatic heterocycles. The van der Waals surface area contributed by atoms with Gasteiger partial charge in [0.05, 0.1) is 6.61 Å². The molecule has 0 unspecified atom stereocenters. The Labute approximate surface area is 107 Å². The summed E-state index contributed by atoms with van der Waals surface area (Å²) in [4.78, 5) is 10.4. The first kappa shape index (κ1) is 14.4. The van der Waals surface area contributed by atoms with Gasteiger partial charge < -0.3 is 15.7 Å². The van der Waals surface area contributed by atoms with Gasteiger partial charge in [-0.3, -0.25) is 5.41 Å². The molecule has 1 aromatic heterocycles. The first-order valence-corrected chi connectivity index (χ1v) is 6.18. The lowest BCUT2D eigenvalue weighted by atomic mass is 10.1. The van der Waals surface area contributed by atoms with Gasteiger partial charge in [-0.2, -0.15) is 0 Å². The second kappa shape index (κ2) is 6.90. The van der Waals surface area contributed by atoms with Crippen LogP contribution in [0.15, 0.2) is 12.3 Å². The molecule has 0 fully saturated rings. The first-order valence-electron chi connectivity index (χ1n) is 6.18. The van der Waals surface area contributed by atoms with Crippen molar-refractivity contribution in [3.8, 4) is 0 Å². The molecule has 0 aromatic carbocycles. The molecule has 4 N–H and O–H groups in total. The van der Waals surface area contributed by atoms with Gasteiger partial charge >= 0.3 is 0 Å². The predicted octanol–water partition coefficient (Wildman–Crippen LogP) is 0.748. The standard InChI is InChI=1S/C12H21N5O/c1-3-9(4-2)17(7-8-18)12-15-6-5-10(16-12)11(13)14/h5-6,9,18H,3-4,7-8H2,1-2H3,(H3,13,14). The van der Waals surface area contributed by atoms with E-state index in [1.807, 2.05) is 4.90 Å². The highest BCUT2D eigenvalue weighted by Crippen LogP contribution is 2.15. The molecule has 1 aromatic rings. The maximum absolute atomic E-state index is 9.15. The molecule has 1 rings (SSSR count). The third kappa shape index (κ3) is 3.40. The molecule has 0 atom stereocenters. The van der Waals surface area contributed by atoms with Crippen molar-refractivity contribution in [3.63, 3.8) is 0 Å². The fourth-order valence-corrected chi connectivity index (χ4v) is 1.92. The molecule has 0 bridgehead atoms. The Morgan fingerprint density at radius 1 is 1.50 bits per heavy atom. The summed E-state index contributed by atoms with van der Waals surface area (Å²) < 4.78 is 0. The van der Waals surface area contributed by atoms with Gasteiger partial charge in [-0.05, 0) is 18.9 Å². The number of hydrogen-bond acceptors (Lipinski definition) is 5. The number of nitrogens with one attached hydrogen (secondary N) is 1. The molecule has 1 heterocycles. The number of nitrogen functional groups attached to an aromatic ring is 1. The minimum absolute atomic E-state index is 0.0458. The number of aliphatic hydroxyl groups is 1. The summed E-state index contributed by atoms with van der Waals surface area (Å²) in [6.07, 6.45) is 3.49. The summed E-state index contributed by atoms with van der Waals surface area (Å²) in [7, 11) is 0. The highest BCUT2D eigenvalue weighted by Gasteiger charge is 2.18. The third-order valence-electron chi connectivity index (χ3n) is 2.90. The van der Waals surface area contributed by atoms with Gasteiger partial charge in [0.1, 0.15) is 11.5 Å². The minimum Gasteiger partial charge on any atom is -0.395 e. The van der Waals surface area contributed by atoms with Gasteiger partial charge in [-0.25, -0.2) is 9.97 Å². The maximum atomic E-state index is 9.15. The molecule has 0 radical (unpaired) electrons. The average Bonchev–Trinajstić information content (AvgIpc) is 2.39. The lowest BCUT2D eigenvalue weighted by Crippen LogP contribution is -2.38. The zero-order valence-electron chi connectivity index (χ0n) is 10.9. The van der Waals surface area contributed by atoms with Gasteiger partial charge in [0.25, 0.3) is 0 Å². The van der Waals surface area contributed by atoms with Crippen LogP contribution < -0.4 is 10.6 Å². The molecule has 6 heteroatoms. The normalized spacial score (nSPS) is 10.7. The van der Waals surface area contributed by atoms with E-state index in [9.17, 15) is 0 Å². The number of nitrogens with zero attached hydrogens (tertiary/aromatic N) is 3. The third-order valence-corrected chi connectivity index (χ3v) is 2.90. The van der Waals surface area contributed by atoms with Gasteiger partial charge in [0.15, 0.2) is 0 Å². The van der Waals surface area contributed by atoms with Crippen LogP contribution in [0.25, 0.3) is 0 Å². The van der Waals surface area contributed by atoms with E-state index in [-0.39, 0.29) is 18.5 Å². The highest BCUT2D eigenvalue weighted by atomic mass is 16.3. The molecule has 0 saturated heterocycles. The number of hydrogen-bond donors (Lipinski definition) is 3. The van der Waals surface area contributed by atoms with Crippen LogP contribution in [0.5, 0.6) is 0 Å². The Hall–Kier alpha value is -1.69. The average molecular weight is 251 g/mol. The molecule has 0 spiro atoms. The van der Waals surface area contributed by atoms with Crippen LogP contribution in [0.1, 0.15) is 32.4 Å². The van der Waals surface area contributed by atoms with E-state index in [1.165, 1.54) is 0 Å². The Bertz CT molecular complexity index is 392. The number of rotatable bonds is 7. The topological polar surface area (TPSA) is 99.1 Å². The van der Waals surface area contributed by atoms with Gasteiger partial charge in [-0.1, -0.05) is 13.8 Å². The van der Waals surface area contributed by atoms with E-state index >= 15 is 0 Å². The van der Waals surface area contributed by atoms with E-state index in [0.29, 0.717) is 18.2 Å². The lowest BCUT2D eigenvalue weighted by molar-refractivity contribution is 0.295. The lowest BCUT2D eigenvalue weighted by Gasteiger charge is -2.30. The summed E-state index contributed by atoms with van der Waals surface area (Å²) in [6.45, 7) is 4.71. The molecule has 0 aliphatic rings. The van der Waals surface area contributed by atoms with Crippen molar-refractivity contribution < 1.29 is 5.11 Å². The molecule has 0 amide bonds. The van der Waals surface area contributed by atoms with Crippen LogP contribution in [-0.2, 0) is 0 Å². The summed E-state index contributed by atoms with van der Waals surface area (Å²) in [6, 6.07) is 1.88.